The molecular weight excluding hydrogens is 388 g/mol. The Balaban J connectivity index is 2.38. The van der Waals surface area contributed by atoms with E-state index in [0.717, 1.165) is 25.7 Å². The number of H-pyrrole nitrogens is 1. The largest absolute Gasteiger partial charge is 0.330 e. The molecule has 0 fully saturated rings. The van der Waals surface area contributed by atoms with E-state index in [1.165, 1.54) is 5.56 Å². The van der Waals surface area contributed by atoms with E-state index in [1.807, 2.05) is 16.7 Å². The molecule has 0 bridgehead atoms. The van der Waals surface area contributed by atoms with Crippen molar-refractivity contribution in [2.75, 3.05) is 0 Å². The van der Waals surface area contributed by atoms with Crippen molar-refractivity contribution < 1.29 is 0 Å². The second-order valence-electron chi connectivity index (χ2n) is 4.41. The summed E-state index contributed by atoms with van der Waals surface area (Å²) in [6.07, 6.45) is 0. The maximum atomic E-state index is 5.44. The van der Waals surface area contributed by atoms with Gasteiger partial charge >= 0.3 is 0 Å². The normalized spacial score (nSPS) is 11.1. The average Bonchev–Trinajstić information content (AvgIpc) is 2.63. The maximum Gasteiger partial charge on any atom is 0.182 e. The van der Waals surface area contributed by atoms with Gasteiger partial charge in [-0.25, -0.2) is 0 Å². The molecule has 96 valence electrons. The Labute approximate surface area is 132 Å². The molecule has 5 heteroatoms. The van der Waals surface area contributed by atoms with Crippen molar-refractivity contribution >= 4 is 55.1 Å². The summed E-state index contributed by atoms with van der Waals surface area (Å²) in [5.41, 5.74) is 4.35. The summed E-state index contributed by atoms with van der Waals surface area (Å²) in [7, 11) is 0. The van der Waals surface area contributed by atoms with Gasteiger partial charge in [-0.2, -0.15) is 0 Å². The van der Waals surface area contributed by atoms with Crippen LogP contribution in [0.1, 0.15) is 5.56 Å². The van der Waals surface area contributed by atoms with Crippen molar-refractivity contribution in [3.05, 3.63) is 55.7 Å². The molecule has 0 amide bonds. The van der Waals surface area contributed by atoms with Crippen molar-refractivity contribution in [1.29, 1.82) is 0 Å². The maximum absolute atomic E-state index is 5.44. The molecule has 2 aromatic carbocycles. The van der Waals surface area contributed by atoms with Crippen LogP contribution in [0.4, 0.5) is 0 Å². The van der Waals surface area contributed by atoms with Gasteiger partial charge in [0.15, 0.2) is 4.77 Å². The van der Waals surface area contributed by atoms with Crippen molar-refractivity contribution in [3.63, 3.8) is 0 Å². The standard InChI is InChI=1S/C14H10Br2N2S/c1-8-4-10(16)6-11(5-8)18-13-7-9(15)2-3-12(13)17-14(18)19/h2-7H,1H3,(H,17,19). The van der Waals surface area contributed by atoms with Gasteiger partial charge in [0.2, 0.25) is 0 Å². The van der Waals surface area contributed by atoms with Crippen LogP contribution in [0.2, 0.25) is 0 Å². The van der Waals surface area contributed by atoms with Crippen LogP contribution in [-0.4, -0.2) is 9.55 Å². The fourth-order valence-corrected chi connectivity index (χ4v) is 3.44. The van der Waals surface area contributed by atoms with Gasteiger partial charge in [0.25, 0.3) is 0 Å². The molecule has 1 aromatic heterocycles. The van der Waals surface area contributed by atoms with Gasteiger partial charge in [-0.05, 0) is 61.1 Å². The second-order valence-corrected chi connectivity index (χ2v) is 6.63. The van der Waals surface area contributed by atoms with Crippen LogP contribution in [0.5, 0.6) is 0 Å². The first-order valence-electron chi connectivity index (χ1n) is 5.72. The molecule has 0 saturated heterocycles. The van der Waals surface area contributed by atoms with Crippen molar-refractivity contribution in [2.45, 2.75) is 6.92 Å². The third-order valence-electron chi connectivity index (χ3n) is 2.93. The predicted molar refractivity (Wildman–Crippen MR) is 88.6 cm³/mol. The molecule has 0 aliphatic rings. The zero-order valence-electron chi connectivity index (χ0n) is 10.1. The van der Waals surface area contributed by atoms with E-state index in [2.05, 4.69) is 68.0 Å². The van der Waals surface area contributed by atoms with Crippen molar-refractivity contribution in [1.82, 2.24) is 9.55 Å². The number of nitrogens with zero attached hydrogens (tertiary/aromatic N) is 1. The van der Waals surface area contributed by atoms with E-state index >= 15 is 0 Å². The quantitative estimate of drug-likeness (QED) is 0.536. The molecule has 0 aliphatic heterocycles. The Kier molecular flexibility index (Phi) is 3.37. The SMILES string of the molecule is Cc1cc(Br)cc(-n2c(=S)[nH]c3ccc(Br)cc32)c1. The highest BCUT2D eigenvalue weighted by Crippen LogP contribution is 2.25. The summed E-state index contributed by atoms with van der Waals surface area (Å²) in [4.78, 5) is 3.23. The Hall–Kier alpha value is -0.910. The molecule has 3 rings (SSSR count). The van der Waals surface area contributed by atoms with Crippen LogP contribution in [-0.2, 0) is 0 Å². The number of hydrogen-bond acceptors (Lipinski definition) is 1. The number of imidazole rings is 1. The lowest BCUT2D eigenvalue weighted by atomic mass is 10.2. The Morgan fingerprint density at radius 3 is 2.58 bits per heavy atom. The topological polar surface area (TPSA) is 20.7 Å². The van der Waals surface area contributed by atoms with Gasteiger partial charge in [-0.1, -0.05) is 31.9 Å². The van der Waals surface area contributed by atoms with Crippen LogP contribution in [0.25, 0.3) is 16.7 Å². The average molecular weight is 398 g/mol. The van der Waals surface area contributed by atoms with E-state index < -0.39 is 0 Å². The molecule has 0 spiro atoms. The first-order chi connectivity index (χ1) is 9.04. The molecule has 1 heterocycles. The minimum atomic E-state index is 0.700. The van der Waals surface area contributed by atoms with Gasteiger partial charge in [0, 0.05) is 14.6 Å². The smallest absolute Gasteiger partial charge is 0.182 e. The molecular formula is C14H10Br2N2S. The van der Waals surface area contributed by atoms with Gasteiger partial charge in [-0.15, -0.1) is 0 Å². The molecule has 0 saturated carbocycles. The number of hydrogen-bond donors (Lipinski definition) is 1. The molecule has 0 aliphatic carbocycles. The fourth-order valence-electron chi connectivity index (χ4n) is 2.18. The number of nitrogens with one attached hydrogen (secondary N) is 1. The van der Waals surface area contributed by atoms with Crippen LogP contribution in [0, 0.1) is 11.7 Å². The Morgan fingerprint density at radius 2 is 1.84 bits per heavy atom. The first kappa shape index (κ1) is 13.1. The number of aryl methyl sites for hydroxylation is 1. The highest BCUT2D eigenvalue weighted by molar-refractivity contribution is 9.10. The van der Waals surface area contributed by atoms with E-state index in [9.17, 15) is 0 Å². The van der Waals surface area contributed by atoms with Gasteiger partial charge < -0.3 is 4.98 Å². The Morgan fingerprint density at radius 1 is 1.05 bits per heavy atom. The summed E-state index contributed by atoms with van der Waals surface area (Å²) in [6, 6.07) is 12.4. The third-order valence-corrected chi connectivity index (χ3v) is 4.17. The molecule has 0 atom stereocenters. The zero-order chi connectivity index (χ0) is 13.6. The number of fused-ring (bicyclic) bond motifs is 1. The molecule has 3 aromatic rings. The van der Waals surface area contributed by atoms with E-state index in [-0.39, 0.29) is 0 Å². The molecule has 0 radical (unpaired) electrons. The minimum Gasteiger partial charge on any atom is -0.330 e. The van der Waals surface area contributed by atoms with Crippen LogP contribution in [0.15, 0.2) is 45.3 Å². The lowest BCUT2D eigenvalue weighted by Gasteiger charge is -2.07. The number of rotatable bonds is 1. The molecule has 0 unspecified atom stereocenters. The minimum absolute atomic E-state index is 0.700. The number of aromatic amines is 1. The van der Waals surface area contributed by atoms with Crippen LogP contribution < -0.4 is 0 Å². The lowest BCUT2D eigenvalue weighted by molar-refractivity contribution is 1.06. The number of benzene rings is 2. The molecule has 1 N–H and O–H groups in total. The Bertz CT molecular complexity index is 813. The van der Waals surface area contributed by atoms with Gasteiger partial charge in [-0.3, -0.25) is 4.57 Å². The summed E-state index contributed by atoms with van der Waals surface area (Å²) in [5, 5.41) is 0. The summed E-state index contributed by atoms with van der Waals surface area (Å²) in [6.45, 7) is 2.07. The van der Waals surface area contributed by atoms with E-state index in [4.69, 9.17) is 12.2 Å². The van der Waals surface area contributed by atoms with Gasteiger partial charge in [0.1, 0.15) is 0 Å². The highest BCUT2D eigenvalue weighted by atomic mass is 79.9. The lowest BCUT2D eigenvalue weighted by Crippen LogP contribution is -1.94. The van der Waals surface area contributed by atoms with Crippen molar-refractivity contribution in [2.24, 2.45) is 0 Å². The third kappa shape index (κ3) is 2.42. The van der Waals surface area contributed by atoms with E-state index in [1.54, 1.807) is 0 Å². The fraction of sp³-hybridized carbons (Fsp3) is 0.0714. The van der Waals surface area contributed by atoms with Crippen LogP contribution >= 0.6 is 44.1 Å². The van der Waals surface area contributed by atoms with Crippen molar-refractivity contribution in [3.8, 4) is 5.69 Å². The monoisotopic (exact) mass is 396 g/mol. The van der Waals surface area contributed by atoms with E-state index in [0.29, 0.717) is 4.77 Å². The van der Waals surface area contributed by atoms with Gasteiger partial charge in [0.05, 0.1) is 11.0 Å². The second kappa shape index (κ2) is 4.89. The number of aromatic nitrogens is 2. The predicted octanol–water partition coefficient (Wildman–Crippen LogP) is 5.52. The summed E-state index contributed by atoms with van der Waals surface area (Å²) in [5.74, 6) is 0. The van der Waals surface area contributed by atoms with Crippen LogP contribution in [0.3, 0.4) is 0 Å². The number of halogens is 2. The summed E-state index contributed by atoms with van der Waals surface area (Å²) >= 11 is 12.5. The molecule has 19 heavy (non-hydrogen) atoms. The highest BCUT2D eigenvalue weighted by Gasteiger charge is 2.08. The zero-order valence-corrected chi connectivity index (χ0v) is 14.1. The summed E-state index contributed by atoms with van der Waals surface area (Å²) < 4.78 is 4.83. The first-order valence-corrected chi connectivity index (χ1v) is 7.72. The molecule has 2 nitrogen and oxygen atoms in total.